The fourth-order valence-corrected chi connectivity index (χ4v) is 0.556. The van der Waals surface area contributed by atoms with E-state index in [2.05, 4.69) is 10.2 Å². The van der Waals surface area contributed by atoms with Gasteiger partial charge in [-0.25, -0.2) is 0 Å². The fraction of sp³-hybridized carbons (Fsp3) is 0. The van der Waals surface area contributed by atoms with Crippen molar-refractivity contribution in [3.8, 4) is 0 Å². The third kappa shape index (κ3) is 1.49. The molecule has 1 aromatic rings. The Bertz CT molecular complexity index is 251. The predicted molar refractivity (Wildman–Crippen MR) is 41.3 cm³/mol. The molecule has 1 aromatic heterocycles. The summed E-state index contributed by atoms with van der Waals surface area (Å²) in [4.78, 5) is 9.40. The number of nitrogens with zero attached hydrogens (tertiary/aromatic N) is 2. The molecular weight excluding hydrogens is 174 g/mol. The summed E-state index contributed by atoms with van der Waals surface area (Å²) in [7, 11) is 0. The molecule has 0 unspecified atom stereocenters. The van der Waals surface area contributed by atoms with Crippen molar-refractivity contribution in [2.45, 2.75) is 0 Å². The normalized spacial score (nSPS) is 8.73. The Morgan fingerprint density at radius 2 is 2.09 bits per heavy atom. The molecule has 7 nitrogen and oxygen atoms in total. The highest BCUT2D eigenvalue weighted by Gasteiger charge is 2.19. The van der Waals surface area contributed by atoms with Gasteiger partial charge in [-0.05, 0) is 0 Å². The summed E-state index contributed by atoms with van der Waals surface area (Å²) in [6.45, 7) is 0. The maximum Gasteiger partial charge on any atom is 0.353 e. The van der Waals surface area contributed by atoms with Crippen LogP contribution in [0, 0.1) is 10.1 Å². The van der Waals surface area contributed by atoms with Gasteiger partial charge in [0.2, 0.25) is 11.6 Å². The van der Waals surface area contributed by atoms with Crippen molar-refractivity contribution in [3.63, 3.8) is 0 Å². The minimum atomic E-state index is -0.686. The molecule has 1 rings (SSSR count). The monoisotopic (exact) mass is 179 g/mol. The second-order valence-electron chi connectivity index (χ2n) is 1.63. The number of aromatic amines is 1. The van der Waals surface area contributed by atoms with Gasteiger partial charge in [-0.3, -0.25) is 15.2 Å². The molecule has 0 radical (unpaired) electrons. The van der Waals surface area contributed by atoms with Gasteiger partial charge in [0, 0.05) is 0 Å². The largest absolute Gasteiger partial charge is 0.378 e. The van der Waals surface area contributed by atoms with Crippen LogP contribution < -0.4 is 11.5 Å². The van der Waals surface area contributed by atoms with Crippen LogP contribution >= 0.6 is 12.4 Å². The lowest BCUT2D eigenvalue weighted by Crippen LogP contribution is -1.95. The molecule has 0 saturated heterocycles. The Hall–Kier alpha value is -1.50. The summed E-state index contributed by atoms with van der Waals surface area (Å²) < 4.78 is 0. The zero-order valence-electron chi connectivity index (χ0n) is 5.27. The maximum absolute atomic E-state index is 10.1. The first-order valence-corrected chi connectivity index (χ1v) is 2.36. The third-order valence-corrected chi connectivity index (χ3v) is 0.977. The van der Waals surface area contributed by atoms with Gasteiger partial charge in [0.1, 0.15) is 0 Å². The summed E-state index contributed by atoms with van der Waals surface area (Å²) in [6, 6.07) is 0. The van der Waals surface area contributed by atoms with Crippen LogP contribution in [0.1, 0.15) is 0 Å². The molecule has 5 N–H and O–H groups in total. The van der Waals surface area contributed by atoms with Gasteiger partial charge in [0.25, 0.3) is 0 Å². The van der Waals surface area contributed by atoms with E-state index >= 15 is 0 Å². The van der Waals surface area contributed by atoms with Crippen LogP contribution in [0.5, 0.6) is 0 Å². The Balaban J connectivity index is 0.000001000. The van der Waals surface area contributed by atoms with Crippen molar-refractivity contribution in [2.24, 2.45) is 0 Å². The first-order valence-electron chi connectivity index (χ1n) is 2.36. The highest BCUT2D eigenvalue weighted by atomic mass is 35.5. The fourth-order valence-electron chi connectivity index (χ4n) is 0.556. The predicted octanol–water partition coefficient (Wildman–Crippen LogP) is -0.0959. The Morgan fingerprint density at radius 1 is 1.55 bits per heavy atom. The van der Waals surface area contributed by atoms with Gasteiger partial charge in [-0.15, -0.1) is 17.5 Å². The highest BCUT2D eigenvalue weighted by Crippen LogP contribution is 2.23. The number of hydrogen-bond acceptors (Lipinski definition) is 5. The van der Waals surface area contributed by atoms with Crippen LogP contribution in [0.15, 0.2) is 0 Å². The molecule has 1 heterocycles. The molecule has 11 heavy (non-hydrogen) atoms. The molecule has 0 aliphatic rings. The van der Waals surface area contributed by atoms with Crippen molar-refractivity contribution in [3.05, 3.63) is 10.1 Å². The van der Waals surface area contributed by atoms with E-state index in [4.69, 9.17) is 11.5 Å². The maximum atomic E-state index is 10.1. The molecule has 0 bridgehead atoms. The molecule has 0 saturated carbocycles. The van der Waals surface area contributed by atoms with Crippen LogP contribution in [0.25, 0.3) is 0 Å². The van der Waals surface area contributed by atoms with E-state index in [1.165, 1.54) is 0 Å². The Morgan fingerprint density at radius 3 is 2.27 bits per heavy atom. The Kier molecular flexibility index (Phi) is 2.64. The van der Waals surface area contributed by atoms with E-state index in [9.17, 15) is 10.1 Å². The number of hydrogen-bond donors (Lipinski definition) is 3. The molecule has 0 atom stereocenters. The van der Waals surface area contributed by atoms with Crippen LogP contribution in [0.4, 0.5) is 17.3 Å². The van der Waals surface area contributed by atoms with Crippen LogP contribution in [-0.4, -0.2) is 15.1 Å². The van der Waals surface area contributed by atoms with Gasteiger partial charge >= 0.3 is 5.69 Å². The zero-order chi connectivity index (χ0) is 7.72. The van der Waals surface area contributed by atoms with Gasteiger partial charge < -0.3 is 11.5 Å². The van der Waals surface area contributed by atoms with Crippen molar-refractivity contribution in [1.82, 2.24) is 10.2 Å². The molecule has 8 heteroatoms. The Labute approximate surface area is 67.3 Å². The van der Waals surface area contributed by atoms with E-state index in [-0.39, 0.29) is 29.7 Å². The molecule has 0 aliphatic heterocycles. The van der Waals surface area contributed by atoms with Crippen molar-refractivity contribution < 1.29 is 4.92 Å². The quantitative estimate of drug-likeness (QED) is 0.410. The molecule has 0 fully saturated rings. The molecular formula is C3H6ClN5O2. The molecule has 62 valence electrons. The van der Waals surface area contributed by atoms with Gasteiger partial charge in [-0.2, -0.15) is 0 Å². The average molecular weight is 180 g/mol. The zero-order valence-corrected chi connectivity index (χ0v) is 6.09. The number of H-pyrrole nitrogens is 1. The highest BCUT2D eigenvalue weighted by molar-refractivity contribution is 5.85. The first kappa shape index (κ1) is 9.50. The van der Waals surface area contributed by atoms with E-state index < -0.39 is 4.92 Å². The van der Waals surface area contributed by atoms with Gasteiger partial charge in [0.05, 0.1) is 4.92 Å². The summed E-state index contributed by atoms with van der Waals surface area (Å²) >= 11 is 0. The number of aromatic nitrogens is 2. The summed E-state index contributed by atoms with van der Waals surface area (Å²) in [5.41, 5.74) is 9.82. The van der Waals surface area contributed by atoms with E-state index in [1.807, 2.05) is 0 Å². The molecule has 0 aromatic carbocycles. The molecule has 0 amide bonds. The SMILES string of the molecule is Cl.Nc1n[nH]c(N)c1[N+](=O)[O-]. The summed E-state index contributed by atoms with van der Waals surface area (Å²) in [5, 5.41) is 15.6. The second kappa shape index (κ2) is 3.06. The lowest BCUT2D eigenvalue weighted by Gasteiger charge is -1.85. The minimum absolute atomic E-state index is 0. The lowest BCUT2D eigenvalue weighted by molar-refractivity contribution is -0.382. The number of nitrogen functional groups attached to an aromatic ring is 2. The smallest absolute Gasteiger partial charge is 0.353 e. The van der Waals surface area contributed by atoms with Gasteiger partial charge in [-0.1, -0.05) is 0 Å². The number of nitro groups is 1. The standard InChI is InChI=1S/C3H5N5O2.ClH/c4-2-1(8(9)10)3(5)7-6-2;/h(H5,4,5,6,7);1H. The van der Waals surface area contributed by atoms with Crippen LogP contribution in [0.3, 0.4) is 0 Å². The van der Waals surface area contributed by atoms with Crippen molar-refractivity contribution in [2.75, 3.05) is 11.5 Å². The molecule has 0 spiro atoms. The summed E-state index contributed by atoms with van der Waals surface area (Å²) in [6.07, 6.45) is 0. The molecule has 0 aliphatic carbocycles. The van der Waals surface area contributed by atoms with Crippen LogP contribution in [0.2, 0.25) is 0 Å². The van der Waals surface area contributed by atoms with Crippen molar-refractivity contribution >= 4 is 29.7 Å². The van der Waals surface area contributed by atoms with E-state index in [0.29, 0.717) is 0 Å². The summed E-state index contributed by atoms with van der Waals surface area (Å²) in [5.74, 6) is -0.315. The minimum Gasteiger partial charge on any atom is -0.378 e. The van der Waals surface area contributed by atoms with E-state index in [0.717, 1.165) is 0 Å². The number of halogens is 1. The van der Waals surface area contributed by atoms with Gasteiger partial charge in [0.15, 0.2) is 0 Å². The third-order valence-electron chi connectivity index (χ3n) is 0.977. The lowest BCUT2D eigenvalue weighted by atomic mass is 10.5. The second-order valence-corrected chi connectivity index (χ2v) is 1.63. The number of rotatable bonds is 1. The van der Waals surface area contributed by atoms with E-state index in [1.54, 1.807) is 0 Å². The number of anilines is 2. The first-order chi connectivity index (χ1) is 4.63. The van der Waals surface area contributed by atoms with Crippen LogP contribution in [-0.2, 0) is 0 Å². The number of nitrogens with two attached hydrogens (primary N) is 2. The topological polar surface area (TPSA) is 124 Å². The average Bonchev–Trinajstić information content (AvgIpc) is 2.11. The van der Waals surface area contributed by atoms with Crippen molar-refractivity contribution in [1.29, 1.82) is 0 Å². The number of nitrogens with one attached hydrogen (secondary N) is 1.